The van der Waals surface area contributed by atoms with Gasteiger partial charge in [0.1, 0.15) is 11.5 Å². The molecule has 0 aromatic heterocycles. The van der Waals surface area contributed by atoms with Gasteiger partial charge in [-0.2, -0.15) is 0 Å². The van der Waals surface area contributed by atoms with E-state index in [1.165, 1.54) is 0 Å². The van der Waals surface area contributed by atoms with E-state index >= 15 is 0 Å². The predicted octanol–water partition coefficient (Wildman–Crippen LogP) is 3.02. The molecule has 0 fully saturated rings. The van der Waals surface area contributed by atoms with Crippen LogP contribution in [0.25, 0.3) is 0 Å². The molecule has 2 rings (SSSR count). The second kappa shape index (κ2) is 11.6. The second-order valence-corrected chi connectivity index (χ2v) is 6.30. The standard InChI is InChI=1S/C22H28N2O4/c1-3-24(17-18-8-5-4-6-9-18)22(26)16-23-21(25)10-7-15-28-20-13-11-19(27-2)12-14-20/h4-6,8-9,11-14H,3,7,10,15-17H2,1-2H3,(H,23,25). The fourth-order valence-corrected chi connectivity index (χ4v) is 2.65. The number of carbonyl (C=O) groups excluding carboxylic acids is 2. The van der Waals surface area contributed by atoms with Gasteiger partial charge in [-0.25, -0.2) is 0 Å². The summed E-state index contributed by atoms with van der Waals surface area (Å²) in [5.41, 5.74) is 1.07. The summed E-state index contributed by atoms with van der Waals surface area (Å²) in [6, 6.07) is 17.1. The van der Waals surface area contributed by atoms with Gasteiger partial charge in [-0.15, -0.1) is 0 Å². The summed E-state index contributed by atoms with van der Waals surface area (Å²) in [5, 5.41) is 2.69. The molecule has 1 N–H and O–H groups in total. The van der Waals surface area contributed by atoms with E-state index < -0.39 is 0 Å². The Balaban J connectivity index is 1.64. The molecule has 6 heteroatoms. The number of carbonyl (C=O) groups is 2. The Morgan fingerprint density at radius 3 is 2.32 bits per heavy atom. The van der Waals surface area contributed by atoms with E-state index in [2.05, 4.69) is 5.32 Å². The fourth-order valence-electron chi connectivity index (χ4n) is 2.65. The summed E-state index contributed by atoms with van der Waals surface area (Å²) in [6.07, 6.45) is 0.891. The lowest BCUT2D eigenvalue weighted by atomic mass is 10.2. The lowest BCUT2D eigenvalue weighted by Gasteiger charge is -2.21. The molecule has 0 saturated carbocycles. The van der Waals surface area contributed by atoms with E-state index in [-0.39, 0.29) is 18.4 Å². The zero-order valence-electron chi connectivity index (χ0n) is 16.5. The van der Waals surface area contributed by atoms with E-state index in [9.17, 15) is 9.59 Å². The largest absolute Gasteiger partial charge is 0.497 e. The van der Waals surface area contributed by atoms with Gasteiger partial charge in [-0.1, -0.05) is 30.3 Å². The lowest BCUT2D eigenvalue weighted by Crippen LogP contribution is -2.39. The first-order valence-corrected chi connectivity index (χ1v) is 9.47. The molecule has 0 atom stereocenters. The number of methoxy groups -OCH3 is 1. The van der Waals surface area contributed by atoms with E-state index in [0.29, 0.717) is 32.5 Å². The SMILES string of the molecule is CCN(Cc1ccccc1)C(=O)CNC(=O)CCCOc1ccc(OC)cc1. The summed E-state index contributed by atoms with van der Waals surface area (Å²) in [7, 11) is 1.61. The molecule has 2 aromatic rings. The molecule has 0 radical (unpaired) electrons. The van der Waals surface area contributed by atoms with Crippen LogP contribution in [0.1, 0.15) is 25.3 Å². The van der Waals surface area contributed by atoms with Crippen molar-refractivity contribution in [2.75, 3.05) is 26.8 Å². The molecule has 6 nitrogen and oxygen atoms in total. The number of benzene rings is 2. The molecule has 0 heterocycles. The molecule has 0 spiro atoms. The minimum absolute atomic E-state index is 0.0127. The van der Waals surface area contributed by atoms with Gasteiger partial charge in [0, 0.05) is 19.5 Å². The van der Waals surface area contributed by atoms with E-state index in [1.54, 1.807) is 12.0 Å². The Kier molecular flexibility index (Phi) is 8.85. The van der Waals surface area contributed by atoms with Crippen molar-refractivity contribution in [3.8, 4) is 11.5 Å². The Morgan fingerprint density at radius 1 is 1.00 bits per heavy atom. The first kappa shape index (κ1) is 21.3. The Bertz CT molecular complexity index is 732. The van der Waals surface area contributed by atoms with Gasteiger partial charge in [-0.05, 0) is 43.2 Å². The highest BCUT2D eigenvalue weighted by molar-refractivity contribution is 5.84. The number of hydrogen-bond acceptors (Lipinski definition) is 4. The summed E-state index contributed by atoms with van der Waals surface area (Å²) < 4.78 is 10.7. The number of amides is 2. The van der Waals surface area contributed by atoms with Crippen LogP contribution in [-0.4, -0.2) is 43.5 Å². The molecule has 0 aliphatic heterocycles. The van der Waals surface area contributed by atoms with Gasteiger partial charge in [0.15, 0.2) is 0 Å². The molecule has 0 unspecified atom stereocenters. The normalized spacial score (nSPS) is 10.2. The third-order valence-electron chi connectivity index (χ3n) is 4.26. The average molecular weight is 384 g/mol. The molecule has 28 heavy (non-hydrogen) atoms. The minimum Gasteiger partial charge on any atom is -0.497 e. The van der Waals surface area contributed by atoms with Crippen molar-refractivity contribution in [2.45, 2.75) is 26.3 Å². The van der Waals surface area contributed by atoms with Crippen LogP contribution in [0.3, 0.4) is 0 Å². The molecule has 0 bridgehead atoms. The molecule has 2 amide bonds. The van der Waals surface area contributed by atoms with Gasteiger partial charge in [0.2, 0.25) is 11.8 Å². The number of ether oxygens (including phenoxy) is 2. The monoisotopic (exact) mass is 384 g/mol. The number of hydrogen-bond donors (Lipinski definition) is 1. The van der Waals surface area contributed by atoms with Crippen molar-refractivity contribution >= 4 is 11.8 Å². The van der Waals surface area contributed by atoms with Crippen molar-refractivity contribution in [1.82, 2.24) is 10.2 Å². The smallest absolute Gasteiger partial charge is 0.242 e. The summed E-state index contributed by atoms with van der Waals surface area (Å²) in [5.74, 6) is 1.26. The molecule has 2 aromatic carbocycles. The number of nitrogens with zero attached hydrogens (tertiary/aromatic N) is 1. The first-order chi connectivity index (χ1) is 13.6. The third-order valence-corrected chi connectivity index (χ3v) is 4.26. The molecule has 150 valence electrons. The van der Waals surface area contributed by atoms with Crippen molar-refractivity contribution in [1.29, 1.82) is 0 Å². The summed E-state index contributed by atoms with van der Waals surface area (Å²) >= 11 is 0. The average Bonchev–Trinajstić information content (AvgIpc) is 2.74. The van der Waals surface area contributed by atoms with Crippen LogP contribution < -0.4 is 14.8 Å². The molecular formula is C22H28N2O4. The Morgan fingerprint density at radius 2 is 1.68 bits per heavy atom. The van der Waals surface area contributed by atoms with Crippen LogP contribution in [0, 0.1) is 0 Å². The van der Waals surface area contributed by atoms with Gasteiger partial charge in [0.25, 0.3) is 0 Å². The zero-order chi connectivity index (χ0) is 20.2. The van der Waals surface area contributed by atoms with Crippen LogP contribution in [0.15, 0.2) is 54.6 Å². The maximum atomic E-state index is 12.3. The molecule has 0 saturated heterocycles. The number of nitrogens with one attached hydrogen (secondary N) is 1. The van der Waals surface area contributed by atoms with Crippen LogP contribution in [0.2, 0.25) is 0 Å². The highest BCUT2D eigenvalue weighted by Gasteiger charge is 2.13. The van der Waals surface area contributed by atoms with Gasteiger partial charge in [0.05, 0.1) is 20.3 Å². The van der Waals surface area contributed by atoms with Crippen LogP contribution in [0.4, 0.5) is 0 Å². The molecule has 0 aliphatic carbocycles. The Hall–Kier alpha value is -3.02. The van der Waals surface area contributed by atoms with Crippen LogP contribution in [0.5, 0.6) is 11.5 Å². The lowest BCUT2D eigenvalue weighted by molar-refractivity contribution is -0.133. The topological polar surface area (TPSA) is 67.9 Å². The first-order valence-electron chi connectivity index (χ1n) is 9.47. The molecular weight excluding hydrogens is 356 g/mol. The third kappa shape index (κ3) is 7.31. The van der Waals surface area contributed by atoms with Gasteiger partial charge >= 0.3 is 0 Å². The highest BCUT2D eigenvalue weighted by Crippen LogP contribution is 2.17. The van der Waals surface area contributed by atoms with Crippen molar-refractivity contribution in [2.24, 2.45) is 0 Å². The highest BCUT2D eigenvalue weighted by atomic mass is 16.5. The Labute approximate surface area is 166 Å². The summed E-state index contributed by atoms with van der Waals surface area (Å²) in [4.78, 5) is 26.0. The van der Waals surface area contributed by atoms with Crippen LogP contribution >= 0.6 is 0 Å². The van der Waals surface area contributed by atoms with E-state index in [0.717, 1.165) is 17.1 Å². The maximum absolute atomic E-state index is 12.3. The van der Waals surface area contributed by atoms with E-state index in [4.69, 9.17) is 9.47 Å². The quantitative estimate of drug-likeness (QED) is 0.605. The van der Waals surface area contributed by atoms with Crippen molar-refractivity contribution in [3.05, 3.63) is 60.2 Å². The van der Waals surface area contributed by atoms with Crippen LogP contribution in [-0.2, 0) is 16.1 Å². The van der Waals surface area contributed by atoms with Crippen molar-refractivity contribution < 1.29 is 19.1 Å². The zero-order valence-corrected chi connectivity index (χ0v) is 16.5. The predicted molar refractivity (Wildman–Crippen MR) is 108 cm³/mol. The van der Waals surface area contributed by atoms with Gasteiger partial charge in [-0.3, -0.25) is 9.59 Å². The summed E-state index contributed by atoms with van der Waals surface area (Å²) in [6.45, 7) is 3.52. The number of likely N-dealkylation sites (N-methyl/N-ethyl adjacent to an activating group) is 1. The van der Waals surface area contributed by atoms with E-state index in [1.807, 2.05) is 61.5 Å². The second-order valence-electron chi connectivity index (χ2n) is 6.30. The maximum Gasteiger partial charge on any atom is 0.242 e. The fraction of sp³-hybridized carbons (Fsp3) is 0.364. The molecule has 0 aliphatic rings. The minimum atomic E-state index is -0.151. The van der Waals surface area contributed by atoms with Gasteiger partial charge < -0.3 is 19.7 Å². The van der Waals surface area contributed by atoms with Crippen molar-refractivity contribution in [3.63, 3.8) is 0 Å². The number of rotatable bonds is 11.